The van der Waals surface area contributed by atoms with Crippen LogP contribution in [0.1, 0.15) is 38.3 Å². The molecule has 2 aromatic carbocycles. The van der Waals surface area contributed by atoms with Crippen LogP contribution in [0.4, 0.5) is 16.2 Å². The van der Waals surface area contributed by atoms with Gasteiger partial charge in [0.05, 0.1) is 11.5 Å². The van der Waals surface area contributed by atoms with Gasteiger partial charge in [-0.25, -0.2) is 4.79 Å². The minimum Gasteiger partial charge on any atom is -0.399 e. The highest BCUT2D eigenvalue weighted by Crippen LogP contribution is 2.56. The van der Waals surface area contributed by atoms with Gasteiger partial charge in [0, 0.05) is 35.0 Å². The summed E-state index contributed by atoms with van der Waals surface area (Å²) in [5, 5.41) is 2.91. The molecule has 3 N–H and O–H groups in total. The van der Waals surface area contributed by atoms with Gasteiger partial charge in [0.2, 0.25) is 5.91 Å². The molecule has 7 heteroatoms. The van der Waals surface area contributed by atoms with Crippen molar-refractivity contribution in [2.45, 2.75) is 38.8 Å². The van der Waals surface area contributed by atoms with Gasteiger partial charge in [-0.3, -0.25) is 4.79 Å². The quantitative estimate of drug-likeness (QED) is 0.506. The Morgan fingerprint density at radius 2 is 1.83 bits per heavy atom. The summed E-state index contributed by atoms with van der Waals surface area (Å²) in [4.78, 5) is 29.7. The minimum atomic E-state index is -0.425. The van der Waals surface area contributed by atoms with Crippen LogP contribution in [-0.4, -0.2) is 40.9 Å². The highest BCUT2D eigenvalue weighted by atomic mass is 79.9. The Hall–Kier alpha value is -2.54. The van der Waals surface area contributed by atoms with Gasteiger partial charge in [-0.1, -0.05) is 34.1 Å². The number of carbonyl (C=O) groups is 2. The first-order valence-electron chi connectivity index (χ1n) is 10.3. The number of β-lactam (4-membered cyclic amide) rings is 1. The maximum absolute atomic E-state index is 13.2. The molecule has 0 aliphatic carbocycles. The molecule has 0 saturated carbocycles. The molecule has 2 fully saturated rings. The number of urea groups is 1. The molecule has 0 aromatic heterocycles. The Morgan fingerprint density at radius 1 is 1.17 bits per heavy atom. The fourth-order valence-corrected chi connectivity index (χ4v) is 5.03. The molecule has 6 nitrogen and oxygen atoms in total. The number of nitrogens with one attached hydrogen (secondary N) is 1. The van der Waals surface area contributed by atoms with Crippen molar-refractivity contribution in [3.63, 3.8) is 0 Å². The van der Waals surface area contributed by atoms with E-state index in [9.17, 15) is 9.59 Å². The highest BCUT2D eigenvalue weighted by molar-refractivity contribution is 9.10. The zero-order valence-electron chi connectivity index (χ0n) is 17.3. The van der Waals surface area contributed by atoms with E-state index in [-0.39, 0.29) is 24.0 Å². The first kappa shape index (κ1) is 20.7. The molecule has 1 unspecified atom stereocenters. The van der Waals surface area contributed by atoms with Crippen LogP contribution in [0, 0.1) is 5.41 Å². The second kappa shape index (κ2) is 7.95. The van der Waals surface area contributed by atoms with Crippen LogP contribution in [0.15, 0.2) is 53.0 Å². The van der Waals surface area contributed by atoms with Crippen LogP contribution in [0.5, 0.6) is 0 Å². The lowest BCUT2D eigenvalue weighted by atomic mass is 9.62. The zero-order valence-corrected chi connectivity index (χ0v) is 18.9. The van der Waals surface area contributed by atoms with E-state index in [1.54, 1.807) is 17.0 Å². The van der Waals surface area contributed by atoms with E-state index in [0.29, 0.717) is 37.3 Å². The first-order chi connectivity index (χ1) is 14.3. The van der Waals surface area contributed by atoms with Crippen LogP contribution < -0.4 is 11.1 Å². The van der Waals surface area contributed by atoms with Crippen molar-refractivity contribution < 1.29 is 9.59 Å². The number of hydrogen-bond donors (Lipinski definition) is 2. The summed E-state index contributed by atoms with van der Waals surface area (Å²) in [6.07, 6.45) is 1.33. The number of carbonyl (C=O) groups excluding carboxylic acids is 2. The normalized spacial score (nSPS) is 20.4. The average Bonchev–Trinajstić information content (AvgIpc) is 2.72. The molecule has 1 atom stereocenters. The lowest BCUT2D eigenvalue weighted by molar-refractivity contribution is -0.184. The number of amides is 3. The van der Waals surface area contributed by atoms with Gasteiger partial charge in [-0.2, -0.15) is 0 Å². The van der Waals surface area contributed by atoms with E-state index < -0.39 is 5.41 Å². The van der Waals surface area contributed by atoms with E-state index in [1.165, 1.54) is 0 Å². The second-order valence-electron chi connectivity index (χ2n) is 8.46. The molecule has 2 aliphatic rings. The minimum absolute atomic E-state index is 0.0530. The largest absolute Gasteiger partial charge is 0.399 e. The van der Waals surface area contributed by atoms with Gasteiger partial charge >= 0.3 is 6.03 Å². The van der Waals surface area contributed by atoms with Gasteiger partial charge in [-0.05, 0) is 62.6 Å². The molecule has 4 rings (SSSR count). The third kappa shape index (κ3) is 3.55. The lowest BCUT2D eigenvalue weighted by Crippen LogP contribution is -2.68. The van der Waals surface area contributed by atoms with E-state index in [4.69, 9.17) is 5.73 Å². The number of anilines is 2. The number of nitrogen functional groups attached to an aromatic ring is 1. The maximum Gasteiger partial charge on any atom is 0.321 e. The SMILES string of the molecule is CC(C)N1C(=O)C2(CCN(C(=O)Nc3cccc(N)c3)CC2)C1c1ccc(Br)cc1. The fraction of sp³-hybridized carbons (Fsp3) is 0.391. The summed E-state index contributed by atoms with van der Waals surface area (Å²) < 4.78 is 1.02. The lowest BCUT2D eigenvalue weighted by Gasteiger charge is -2.60. The third-order valence-corrected chi connectivity index (χ3v) is 6.81. The van der Waals surface area contributed by atoms with Crippen LogP contribution >= 0.6 is 15.9 Å². The Bertz CT molecular complexity index is 952. The number of piperidine rings is 1. The molecule has 2 heterocycles. The summed E-state index contributed by atoms with van der Waals surface area (Å²) >= 11 is 3.49. The van der Waals surface area contributed by atoms with Crippen LogP contribution in [-0.2, 0) is 4.79 Å². The standard InChI is InChI=1S/C23H27BrN4O2/c1-15(2)28-20(16-6-8-17(24)9-7-16)23(21(28)29)10-12-27(13-11-23)22(30)26-19-5-3-4-18(25)14-19/h3-9,14-15,20H,10-13,25H2,1-2H3,(H,26,30). The van der Waals surface area contributed by atoms with Gasteiger partial charge < -0.3 is 20.9 Å². The summed E-state index contributed by atoms with van der Waals surface area (Å²) in [6, 6.07) is 15.4. The number of rotatable bonds is 3. The van der Waals surface area contributed by atoms with Crippen LogP contribution in [0.2, 0.25) is 0 Å². The van der Waals surface area contributed by atoms with E-state index >= 15 is 0 Å². The van der Waals surface area contributed by atoms with Crippen LogP contribution in [0.25, 0.3) is 0 Å². The molecule has 158 valence electrons. The predicted octanol–water partition coefficient (Wildman–Crippen LogP) is 4.64. The third-order valence-electron chi connectivity index (χ3n) is 6.28. The monoisotopic (exact) mass is 470 g/mol. The molecular weight excluding hydrogens is 444 g/mol. The smallest absolute Gasteiger partial charge is 0.321 e. The first-order valence-corrected chi connectivity index (χ1v) is 11.1. The van der Waals surface area contributed by atoms with Crippen molar-refractivity contribution in [3.8, 4) is 0 Å². The van der Waals surface area contributed by atoms with Gasteiger partial charge in [0.1, 0.15) is 0 Å². The topological polar surface area (TPSA) is 78.7 Å². The zero-order chi connectivity index (χ0) is 21.5. The molecule has 0 radical (unpaired) electrons. The van der Waals surface area contributed by atoms with Crippen molar-refractivity contribution >= 4 is 39.2 Å². The Balaban J connectivity index is 1.49. The molecule has 30 heavy (non-hydrogen) atoms. The highest BCUT2D eigenvalue weighted by Gasteiger charge is 2.62. The van der Waals surface area contributed by atoms with Crippen molar-refractivity contribution in [2.75, 3.05) is 24.1 Å². The molecule has 3 amide bonds. The molecule has 2 saturated heterocycles. The van der Waals surface area contributed by atoms with Crippen LogP contribution in [0.3, 0.4) is 0 Å². The van der Waals surface area contributed by atoms with Crippen molar-refractivity contribution in [2.24, 2.45) is 5.41 Å². The number of benzene rings is 2. The predicted molar refractivity (Wildman–Crippen MR) is 122 cm³/mol. The Labute approximate surface area is 185 Å². The number of hydrogen-bond acceptors (Lipinski definition) is 3. The summed E-state index contributed by atoms with van der Waals surface area (Å²) in [6.45, 7) is 5.23. The Morgan fingerprint density at radius 3 is 2.43 bits per heavy atom. The number of halogens is 1. The number of likely N-dealkylation sites (tertiary alicyclic amines) is 2. The maximum atomic E-state index is 13.2. The summed E-state index contributed by atoms with van der Waals surface area (Å²) in [5.41, 5.74) is 7.82. The molecule has 1 spiro atoms. The molecular formula is C23H27BrN4O2. The average molecular weight is 471 g/mol. The summed E-state index contributed by atoms with van der Waals surface area (Å²) in [5.74, 6) is 0.210. The van der Waals surface area contributed by atoms with E-state index in [2.05, 4.69) is 47.2 Å². The molecule has 0 bridgehead atoms. The number of nitrogens with two attached hydrogens (primary N) is 1. The van der Waals surface area contributed by atoms with Gasteiger partial charge in [0.25, 0.3) is 0 Å². The van der Waals surface area contributed by atoms with Gasteiger partial charge in [0.15, 0.2) is 0 Å². The summed E-state index contributed by atoms with van der Waals surface area (Å²) in [7, 11) is 0. The number of nitrogens with zero attached hydrogens (tertiary/aromatic N) is 2. The molecule has 2 aromatic rings. The van der Waals surface area contributed by atoms with Crippen molar-refractivity contribution in [3.05, 3.63) is 58.6 Å². The van der Waals surface area contributed by atoms with Gasteiger partial charge in [-0.15, -0.1) is 0 Å². The van der Waals surface area contributed by atoms with Crippen molar-refractivity contribution in [1.82, 2.24) is 9.80 Å². The van der Waals surface area contributed by atoms with E-state index in [1.807, 2.05) is 29.2 Å². The fourth-order valence-electron chi connectivity index (χ4n) is 4.76. The Kier molecular flexibility index (Phi) is 5.49. The van der Waals surface area contributed by atoms with Crippen molar-refractivity contribution in [1.29, 1.82) is 0 Å². The second-order valence-corrected chi connectivity index (χ2v) is 9.37. The molecule has 2 aliphatic heterocycles. The van der Waals surface area contributed by atoms with E-state index in [0.717, 1.165) is 10.0 Å².